The standard InChI is InChI=1S/C16H14FN3O2S/c17-10-5-7-11(8-6-10)19-16(23)20-9-14(15(18)21)22-13-4-2-1-3-12(13)20/h1-8,14H,9H2,(H2,18,21)(H,19,23). The lowest BCUT2D eigenvalue weighted by atomic mass is 10.2. The molecule has 1 atom stereocenters. The van der Waals surface area contributed by atoms with Gasteiger partial charge in [-0.1, -0.05) is 12.1 Å². The fourth-order valence-electron chi connectivity index (χ4n) is 2.30. The van der Waals surface area contributed by atoms with Crippen molar-refractivity contribution in [2.24, 2.45) is 5.73 Å². The fraction of sp³-hybridized carbons (Fsp3) is 0.125. The summed E-state index contributed by atoms with van der Waals surface area (Å²) < 4.78 is 18.6. The molecule has 0 saturated carbocycles. The van der Waals surface area contributed by atoms with Gasteiger partial charge in [0.2, 0.25) is 0 Å². The largest absolute Gasteiger partial charge is 0.477 e. The van der Waals surface area contributed by atoms with E-state index >= 15 is 0 Å². The second-order valence-corrected chi connectivity index (χ2v) is 5.41. The van der Waals surface area contributed by atoms with Gasteiger partial charge in [-0.15, -0.1) is 0 Å². The molecule has 0 spiro atoms. The Bertz CT molecular complexity index is 751. The molecule has 7 heteroatoms. The summed E-state index contributed by atoms with van der Waals surface area (Å²) in [5.74, 6) is -0.355. The quantitative estimate of drug-likeness (QED) is 0.827. The van der Waals surface area contributed by atoms with Crippen LogP contribution in [-0.4, -0.2) is 23.7 Å². The van der Waals surface area contributed by atoms with E-state index in [9.17, 15) is 9.18 Å². The zero-order valence-electron chi connectivity index (χ0n) is 12.0. The van der Waals surface area contributed by atoms with E-state index in [0.717, 1.165) is 5.69 Å². The molecule has 1 unspecified atom stereocenters. The first-order valence-corrected chi connectivity index (χ1v) is 7.34. The summed E-state index contributed by atoms with van der Waals surface area (Å²) in [7, 11) is 0. The predicted octanol–water partition coefficient (Wildman–Crippen LogP) is 2.28. The third kappa shape index (κ3) is 3.24. The van der Waals surface area contributed by atoms with Gasteiger partial charge in [-0.05, 0) is 48.6 Å². The van der Waals surface area contributed by atoms with E-state index in [0.29, 0.717) is 16.5 Å². The van der Waals surface area contributed by atoms with Crippen LogP contribution >= 0.6 is 12.2 Å². The van der Waals surface area contributed by atoms with Crippen molar-refractivity contribution in [1.29, 1.82) is 0 Å². The average Bonchev–Trinajstić information content (AvgIpc) is 2.55. The van der Waals surface area contributed by atoms with Crippen LogP contribution in [0, 0.1) is 5.82 Å². The number of thiocarbonyl (C=S) groups is 1. The van der Waals surface area contributed by atoms with E-state index < -0.39 is 12.0 Å². The number of hydrogen-bond donors (Lipinski definition) is 2. The van der Waals surface area contributed by atoms with Crippen LogP contribution in [0.4, 0.5) is 15.8 Å². The van der Waals surface area contributed by atoms with E-state index in [4.69, 9.17) is 22.7 Å². The van der Waals surface area contributed by atoms with E-state index in [1.807, 2.05) is 12.1 Å². The number of nitrogens with two attached hydrogens (primary N) is 1. The first-order chi connectivity index (χ1) is 11.0. The zero-order valence-corrected chi connectivity index (χ0v) is 12.8. The molecule has 1 amide bonds. The van der Waals surface area contributed by atoms with E-state index in [2.05, 4.69) is 5.32 Å². The number of nitrogens with zero attached hydrogens (tertiary/aromatic N) is 1. The van der Waals surface area contributed by atoms with Crippen LogP contribution in [-0.2, 0) is 4.79 Å². The highest BCUT2D eigenvalue weighted by Gasteiger charge is 2.31. The number of amides is 1. The number of carbonyl (C=O) groups excluding carboxylic acids is 1. The molecule has 2 aromatic carbocycles. The van der Waals surface area contributed by atoms with Crippen LogP contribution in [0.1, 0.15) is 0 Å². The molecule has 118 valence electrons. The third-order valence-corrected chi connectivity index (χ3v) is 3.75. The number of benzene rings is 2. The maximum atomic E-state index is 13.0. The average molecular weight is 331 g/mol. The van der Waals surface area contributed by atoms with Crippen molar-refractivity contribution >= 4 is 34.6 Å². The zero-order chi connectivity index (χ0) is 16.4. The Balaban J connectivity index is 1.86. The molecule has 0 aliphatic carbocycles. The van der Waals surface area contributed by atoms with Crippen molar-refractivity contribution in [1.82, 2.24) is 0 Å². The van der Waals surface area contributed by atoms with Gasteiger partial charge in [0, 0.05) is 5.69 Å². The molecular formula is C16H14FN3O2S. The third-order valence-electron chi connectivity index (χ3n) is 3.43. The van der Waals surface area contributed by atoms with Crippen molar-refractivity contribution in [2.45, 2.75) is 6.10 Å². The number of carbonyl (C=O) groups is 1. The van der Waals surface area contributed by atoms with Gasteiger partial charge in [0.1, 0.15) is 11.6 Å². The van der Waals surface area contributed by atoms with Gasteiger partial charge >= 0.3 is 0 Å². The van der Waals surface area contributed by atoms with E-state index in [1.54, 1.807) is 29.2 Å². The minimum Gasteiger partial charge on any atom is -0.477 e. The molecule has 3 N–H and O–H groups in total. The van der Waals surface area contributed by atoms with E-state index in [-0.39, 0.29) is 12.4 Å². The molecule has 0 bridgehead atoms. The minimum absolute atomic E-state index is 0.208. The molecule has 1 aliphatic rings. The lowest BCUT2D eigenvalue weighted by Crippen LogP contribution is -2.50. The molecule has 2 aromatic rings. The Morgan fingerprint density at radius 1 is 1.26 bits per heavy atom. The lowest BCUT2D eigenvalue weighted by Gasteiger charge is -2.35. The number of rotatable bonds is 2. The normalized spacial score (nSPS) is 16.2. The van der Waals surface area contributed by atoms with Gasteiger partial charge in [0.25, 0.3) is 5.91 Å². The summed E-state index contributed by atoms with van der Waals surface area (Å²) >= 11 is 5.42. The Labute approximate surface area is 137 Å². The summed E-state index contributed by atoms with van der Waals surface area (Å²) in [4.78, 5) is 13.2. The smallest absolute Gasteiger partial charge is 0.260 e. The van der Waals surface area contributed by atoms with Crippen LogP contribution in [0.3, 0.4) is 0 Å². The van der Waals surface area contributed by atoms with Crippen LogP contribution < -0.4 is 20.7 Å². The number of hydrogen-bond acceptors (Lipinski definition) is 3. The van der Waals surface area contributed by atoms with Gasteiger partial charge in [-0.2, -0.15) is 0 Å². The van der Waals surface area contributed by atoms with Gasteiger partial charge in [-0.25, -0.2) is 4.39 Å². The molecule has 1 heterocycles. The van der Waals surface area contributed by atoms with Crippen molar-refractivity contribution in [2.75, 3.05) is 16.8 Å². The highest BCUT2D eigenvalue weighted by Crippen LogP contribution is 2.33. The summed E-state index contributed by atoms with van der Waals surface area (Å²) in [6.07, 6.45) is -0.794. The minimum atomic E-state index is -0.794. The number of para-hydroxylation sites is 2. The summed E-state index contributed by atoms with van der Waals surface area (Å²) in [5, 5.41) is 3.40. The number of nitrogens with one attached hydrogen (secondary N) is 1. The highest BCUT2D eigenvalue weighted by molar-refractivity contribution is 7.80. The van der Waals surface area contributed by atoms with Crippen molar-refractivity contribution in [3.63, 3.8) is 0 Å². The van der Waals surface area contributed by atoms with E-state index in [1.165, 1.54) is 12.1 Å². The highest BCUT2D eigenvalue weighted by atomic mass is 32.1. The maximum Gasteiger partial charge on any atom is 0.260 e. The number of halogens is 1. The van der Waals surface area contributed by atoms with Crippen molar-refractivity contribution < 1.29 is 13.9 Å². The monoisotopic (exact) mass is 331 g/mol. The molecule has 0 saturated heterocycles. The van der Waals surface area contributed by atoms with Crippen LogP contribution in [0.5, 0.6) is 5.75 Å². The second-order valence-electron chi connectivity index (χ2n) is 5.02. The Morgan fingerprint density at radius 2 is 1.96 bits per heavy atom. The number of primary amides is 1. The fourth-order valence-corrected chi connectivity index (χ4v) is 2.59. The van der Waals surface area contributed by atoms with Gasteiger partial charge in [-0.3, -0.25) is 4.79 Å². The van der Waals surface area contributed by atoms with Crippen LogP contribution in [0.15, 0.2) is 48.5 Å². The molecular weight excluding hydrogens is 317 g/mol. The van der Waals surface area contributed by atoms with Crippen molar-refractivity contribution in [3.05, 3.63) is 54.3 Å². The first kappa shape index (κ1) is 15.2. The SMILES string of the molecule is NC(=O)C1CN(C(=S)Nc2ccc(F)cc2)c2ccccc2O1. The van der Waals surface area contributed by atoms with Crippen molar-refractivity contribution in [3.8, 4) is 5.75 Å². The Kier molecular flexibility index (Phi) is 4.12. The van der Waals surface area contributed by atoms with Crippen LogP contribution in [0.25, 0.3) is 0 Å². The lowest BCUT2D eigenvalue weighted by molar-refractivity contribution is -0.124. The summed E-state index contributed by atoms with van der Waals surface area (Å²) in [6.45, 7) is 0.208. The maximum absolute atomic E-state index is 13.0. The van der Waals surface area contributed by atoms with Gasteiger partial charge in [0.05, 0.1) is 12.2 Å². The molecule has 0 radical (unpaired) electrons. The predicted molar refractivity (Wildman–Crippen MR) is 90.0 cm³/mol. The molecule has 23 heavy (non-hydrogen) atoms. The molecule has 0 fully saturated rings. The molecule has 0 aromatic heterocycles. The Hall–Kier alpha value is -2.67. The van der Waals surface area contributed by atoms with Crippen LogP contribution in [0.2, 0.25) is 0 Å². The molecule has 3 rings (SSSR count). The first-order valence-electron chi connectivity index (χ1n) is 6.93. The molecule has 5 nitrogen and oxygen atoms in total. The van der Waals surface area contributed by atoms with Gasteiger partial charge < -0.3 is 20.7 Å². The second kappa shape index (κ2) is 6.21. The molecule has 1 aliphatic heterocycles. The number of fused-ring (bicyclic) bond motifs is 1. The number of ether oxygens (including phenoxy) is 1. The topological polar surface area (TPSA) is 67.6 Å². The van der Waals surface area contributed by atoms with Gasteiger partial charge in [0.15, 0.2) is 11.2 Å². The summed E-state index contributed by atoms with van der Waals surface area (Å²) in [6, 6.07) is 13.1. The summed E-state index contributed by atoms with van der Waals surface area (Å²) in [5.41, 5.74) is 6.75. The Morgan fingerprint density at radius 3 is 2.65 bits per heavy atom. The number of anilines is 2.